The predicted molar refractivity (Wildman–Crippen MR) is 70.0 cm³/mol. The normalized spacial score (nSPS) is 19.4. The molecule has 17 heavy (non-hydrogen) atoms. The molecule has 2 rings (SSSR count). The molecule has 0 unspecified atom stereocenters. The van der Waals surface area contributed by atoms with Crippen molar-refractivity contribution in [3.05, 3.63) is 18.1 Å². The summed E-state index contributed by atoms with van der Waals surface area (Å²) in [7, 11) is 0. The van der Waals surface area contributed by atoms with E-state index in [0.29, 0.717) is 5.41 Å². The van der Waals surface area contributed by atoms with E-state index >= 15 is 0 Å². The molecular weight excluding hydrogens is 212 g/mol. The number of piperidine rings is 1. The average molecular weight is 234 g/mol. The Morgan fingerprint density at radius 1 is 1.35 bits per heavy atom. The summed E-state index contributed by atoms with van der Waals surface area (Å²) in [6.07, 6.45) is 4.93. The lowest BCUT2D eigenvalue weighted by atomic mass is 9.80. The van der Waals surface area contributed by atoms with E-state index in [2.05, 4.69) is 34.8 Å². The fourth-order valence-electron chi connectivity index (χ4n) is 2.23. The Morgan fingerprint density at radius 2 is 2.06 bits per heavy atom. The van der Waals surface area contributed by atoms with Crippen LogP contribution in [0.1, 0.15) is 32.4 Å². The Kier molecular flexibility index (Phi) is 3.62. The highest BCUT2D eigenvalue weighted by Gasteiger charge is 2.29. The van der Waals surface area contributed by atoms with Crippen molar-refractivity contribution in [3.8, 4) is 0 Å². The quantitative estimate of drug-likeness (QED) is 0.863. The SMILES string of the molecule is CCc1cc(N2CCC(C)(CN)CC2)ncn1. The third-order valence-electron chi connectivity index (χ3n) is 3.86. The fraction of sp³-hybridized carbons (Fsp3) is 0.692. The summed E-state index contributed by atoms with van der Waals surface area (Å²) in [6, 6.07) is 2.10. The van der Waals surface area contributed by atoms with Crippen LogP contribution in [0.25, 0.3) is 0 Å². The van der Waals surface area contributed by atoms with Crippen LogP contribution in [0.2, 0.25) is 0 Å². The van der Waals surface area contributed by atoms with Gasteiger partial charge < -0.3 is 10.6 Å². The minimum Gasteiger partial charge on any atom is -0.356 e. The maximum absolute atomic E-state index is 5.82. The number of aryl methyl sites for hydroxylation is 1. The van der Waals surface area contributed by atoms with Gasteiger partial charge >= 0.3 is 0 Å². The van der Waals surface area contributed by atoms with Crippen molar-refractivity contribution >= 4 is 5.82 Å². The molecule has 0 aromatic carbocycles. The van der Waals surface area contributed by atoms with Gasteiger partial charge in [0, 0.05) is 24.8 Å². The molecule has 4 nitrogen and oxygen atoms in total. The van der Waals surface area contributed by atoms with Crippen LogP contribution in [-0.4, -0.2) is 29.6 Å². The third-order valence-corrected chi connectivity index (χ3v) is 3.86. The Hall–Kier alpha value is -1.16. The Labute approximate surface area is 103 Å². The second kappa shape index (κ2) is 5.00. The molecule has 0 amide bonds. The van der Waals surface area contributed by atoms with Gasteiger partial charge in [0.2, 0.25) is 0 Å². The van der Waals surface area contributed by atoms with Gasteiger partial charge in [0.05, 0.1) is 0 Å². The molecule has 0 radical (unpaired) electrons. The molecule has 4 heteroatoms. The number of rotatable bonds is 3. The zero-order chi connectivity index (χ0) is 12.3. The van der Waals surface area contributed by atoms with E-state index in [1.807, 2.05) is 0 Å². The second-order valence-electron chi connectivity index (χ2n) is 5.22. The molecule has 1 aromatic heterocycles. The maximum Gasteiger partial charge on any atom is 0.132 e. The van der Waals surface area contributed by atoms with Crippen molar-refractivity contribution in [3.63, 3.8) is 0 Å². The monoisotopic (exact) mass is 234 g/mol. The molecule has 1 saturated heterocycles. The maximum atomic E-state index is 5.82. The van der Waals surface area contributed by atoms with Crippen molar-refractivity contribution in [2.75, 3.05) is 24.5 Å². The summed E-state index contributed by atoms with van der Waals surface area (Å²) in [5, 5.41) is 0. The first-order valence-corrected chi connectivity index (χ1v) is 6.43. The molecule has 0 spiro atoms. The highest BCUT2D eigenvalue weighted by molar-refractivity contribution is 5.39. The van der Waals surface area contributed by atoms with E-state index in [4.69, 9.17) is 5.73 Å². The molecule has 1 fully saturated rings. The van der Waals surface area contributed by atoms with Crippen LogP contribution in [0.4, 0.5) is 5.82 Å². The van der Waals surface area contributed by atoms with E-state index in [1.165, 1.54) is 0 Å². The molecule has 1 aliphatic rings. The standard InChI is InChI=1S/C13H22N4/c1-3-11-8-12(16-10-15-11)17-6-4-13(2,9-14)5-7-17/h8,10H,3-7,9,14H2,1-2H3. The number of nitrogens with two attached hydrogens (primary N) is 1. The summed E-state index contributed by atoms with van der Waals surface area (Å²) >= 11 is 0. The van der Waals surface area contributed by atoms with Crippen LogP contribution >= 0.6 is 0 Å². The summed E-state index contributed by atoms with van der Waals surface area (Å²) in [6.45, 7) is 7.28. The minimum atomic E-state index is 0.317. The van der Waals surface area contributed by atoms with Crippen molar-refractivity contribution in [1.82, 2.24) is 9.97 Å². The lowest BCUT2D eigenvalue weighted by Gasteiger charge is -2.39. The van der Waals surface area contributed by atoms with Crippen molar-refractivity contribution in [2.24, 2.45) is 11.1 Å². The second-order valence-corrected chi connectivity index (χ2v) is 5.22. The van der Waals surface area contributed by atoms with Crippen LogP contribution < -0.4 is 10.6 Å². The van der Waals surface area contributed by atoms with Gasteiger partial charge in [-0.15, -0.1) is 0 Å². The fourth-order valence-corrected chi connectivity index (χ4v) is 2.23. The Morgan fingerprint density at radius 3 is 2.65 bits per heavy atom. The number of anilines is 1. The molecule has 0 bridgehead atoms. The molecule has 0 saturated carbocycles. The first-order valence-electron chi connectivity index (χ1n) is 6.43. The zero-order valence-corrected chi connectivity index (χ0v) is 10.8. The topological polar surface area (TPSA) is 55.0 Å². The third kappa shape index (κ3) is 2.75. The number of hydrogen-bond donors (Lipinski definition) is 1. The van der Waals surface area contributed by atoms with Crippen LogP contribution in [0.5, 0.6) is 0 Å². The summed E-state index contributed by atoms with van der Waals surface area (Å²) in [5.74, 6) is 1.07. The van der Waals surface area contributed by atoms with Crippen molar-refractivity contribution in [1.29, 1.82) is 0 Å². The Bertz CT molecular complexity index is 369. The zero-order valence-electron chi connectivity index (χ0n) is 10.8. The van der Waals surface area contributed by atoms with E-state index < -0.39 is 0 Å². The first kappa shape index (κ1) is 12.3. The first-order chi connectivity index (χ1) is 8.17. The average Bonchev–Trinajstić information content (AvgIpc) is 2.40. The van der Waals surface area contributed by atoms with Gasteiger partial charge in [0.1, 0.15) is 12.1 Å². The summed E-state index contributed by atoms with van der Waals surface area (Å²) < 4.78 is 0. The van der Waals surface area contributed by atoms with E-state index in [1.54, 1.807) is 6.33 Å². The van der Waals surface area contributed by atoms with Gasteiger partial charge in [0.25, 0.3) is 0 Å². The van der Waals surface area contributed by atoms with Crippen LogP contribution in [0.15, 0.2) is 12.4 Å². The van der Waals surface area contributed by atoms with Gasteiger partial charge in [-0.1, -0.05) is 13.8 Å². The highest BCUT2D eigenvalue weighted by atomic mass is 15.2. The van der Waals surface area contributed by atoms with Crippen molar-refractivity contribution in [2.45, 2.75) is 33.1 Å². The highest BCUT2D eigenvalue weighted by Crippen LogP contribution is 2.31. The summed E-state index contributed by atoms with van der Waals surface area (Å²) in [4.78, 5) is 11.0. The van der Waals surface area contributed by atoms with Gasteiger partial charge in [0.15, 0.2) is 0 Å². The Balaban J connectivity index is 2.05. The molecule has 2 heterocycles. The van der Waals surface area contributed by atoms with E-state index in [-0.39, 0.29) is 0 Å². The lowest BCUT2D eigenvalue weighted by molar-refractivity contribution is 0.258. The van der Waals surface area contributed by atoms with Gasteiger partial charge in [-0.05, 0) is 31.2 Å². The van der Waals surface area contributed by atoms with E-state index in [0.717, 1.165) is 50.4 Å². The molecule has 0 atom stereocenters. The molecule has 1 aliphatic heterocycles. The van der Waals surface area contributed by atoms with Gasteiger partial charge in [-0.3, -0.25) is 0 Å². The number of nitrogens with zero attached hydrogens (tertiary/aromatic N) is 3. The van der Waals surface area contributed by atoms with E-state index in [9.17, 15) is 0 Å². The summed E-state index contributed by atoms with van der Waals surface area (Å²) in [5.41, 5.74) is 7.25. The van der Waals surface area contributed by atoms with Gasteiger partial charge in [-0.2, -0.15) is 0 Å². The molecular formula is C13H22N4. The number of aromatic nitrogens is 2. The molecule has 0 aliphatic carbocycles. The number of hydrogen-bond acceptors (Lipinski definition) is 4. The predicted octanol–water partition coefficient (Wildman–Crippen LogP) is 1.60. The largest absolute Gasteiger partial charge is 0.356 e. The van der Waals surface area contributed by atoms with Crippen LogP contribution in [-0.2, 0) is 6.42 Å². The van der Waals surface area contributed by atoms with Crippen molar-refractivity contribution < 1.29 is 0 Å². The van der Waals surface area contributed by atoms with Crippen LogP contribution in [0.3, 0.4) is 0 Å². The van der Waals surface area contributed by atoms with Gasteiger partial charge in [-0.25, -0.2) is 9.97 Å². The molecule has 2 N–H and O–H groups in total. The van der Waals surface area contributed by atoms with Crippen LogP contribution in [0, 0.1) is 5.41 Å². The lowest BCUT2D eigenvalue weighted by Crippen LogP contribution is -2.42. The smallest absolute Gasteiger partial charge is 0.132 e. The minimum absolute atomic E-state index is 0.317. The molecule has 94 valence electrons. The molecule has 1 aromatic rings.